The molecule has 1 atom stereocenters. The number of carbonyl (C=O) groups is 2. The van der Waals surface area contributed by atoms with E-state index in [-0.39, 0.29) is 36.4 Å². The molecule has 9 heteroatoms. The van der Waals surface area contributed by atoms with Gasteiger partial charge in [0.05, 0.1) is 11.6 Å². The number of halogens is 5. The zero-order chi connectivity index (χ0) is 22.8. The molecular weight excluding hydrogens is 419 g/mol. The number of nitrogens with zero attached hydrogens (tertiary/aromatic N) is 1. The van der Waals surface area contributed by atoms with E-state index in [0.717, 1.165) is 36.4 Å². The van der Waals surface area contributed by atoms with Crippen LogP contribution in [0.15, 0.2) is 42.5 Å². The van der Waals surface area contributed by atoms with Crippen molar-refractivity contribution in [3.8, 4) is 0 Å². The molecule has 166 valence electrons. The van der Waals surface area contributed by atoms with Crippen molar-refractivity contribution in [3.05, 3.63) is 70.8 Å². The first kappa shape index (κ1) is 22.7. The van der Waals surface area contributed by atoms with Gasteiger partial charge in [-0.25, -0.2) is 8.78 Å². The van der Waals surface area contributed by atoms with Gasteiger partial charge in [-0.1, -0.05) is 6.07 Å². The third kappa shape index (κ3) is 5.39. The number of amides is 2. The van der Waals surface area contributed by atoms with Gasteiger partial charge in [-0.3, -0.25) is 9.59 Å². The van der Waals surface area contributed by atoms with E-state index in [9.17, 15) is 31.5 Å². The standard InChI is InChI=1S/C22H21F5N2O2/c1-13(16-4-7-18(23)19(24)12-16)28-20(30)14-8-10-29(11-9-14)21(31)15-2-5-17(6-3-15)22(25,26)27/h2-7,12-14H,8-11H2,1H3,(H,28,30). The summed E-state index contributed by atoms with van der Waals surface area (Å²) >= 11 is 0. The lowest BCUT2D eigenvalue weighted by atomic mass is 9.94. The summed E-state index contributed by atoms with van der Waals surface area (Å²) in [5.74, 6) is -2.95. The van der Waals surface area contributed by atoms with Gasteiger partial charge in [-0.2, -0.15) is 13.2 Å². The third-order valence-corrected chi connectivity index (χ3v) is 5.41. The van der Waals surface area contributed by atoms with E-state index >= 15 is 0 Å². The predicted octanol–water partition coefficient (Wildman–Crippen LogP) is 4.71. The van der Waals surface area contributed by atoms with Crippen molar-refractivity contribution in [1.29, 1.82) is 0 Å². The van der Waals surface area contributed by atoms with E-state index in [0.29, 0.717) is 18.4 Å². The van der Waals surface area contributed by atoms with Crippen LogP contribution in [0, 0.1) is 17.6 Å². The van der Waals surface area contributed by atoms with Crippen LogP contribution in [0.1, 0.15) is 47.3 Å². The molecule has 0 saturated carbocycles. The molecule has 2 aromatic carbocycles. The fourth-order valence-electron chi connectivity index (χ4n) is 3.53. The summed E-state index contributed by atoms with van der Waals surface area (Å²) in [7, 11) is 0. The van der Waals surface area contributed by atoms with Gasteiger partial charge >= 0.3 is 6.18 Å². The number of likely N-dealkylation sites (tertiary alicyclic amines) is 1. The lowest BCUT2D eigenvalue weighted by molar-refractivity contribution is -0.137. The van der Waals surface area contributed by atoms with Crippen molar-refractivity contribution in [2.24, 2.45) is 5.92 Å². The second kappa shape index (κ2) is 9.03. The van der Waals surface area contributed by atoms with Gasteiger partial charge in [0.25, 0.3) is 5.91 Å². The Balaban J connectivity index is 1.54. The van der Waals surface area contributed by atoms with Crippen LogP contribution in [-0.2, 0) is 11.0 Å². The van der Waals surface area contributed by atoms with E-state index in [1.165, 1.54) is 11.0 Å². The monoisotopic (exact) mass is 440 g/mol. The molecule has 1 heterocycles. The number of carbonyl (C=O) groups excluding carboxylic acids is 2. The van der Waals surface area contributed by atoms with Crippen LogP contribution in [0.2, 0.25) is 0 Å². The minimum absolute atomic E-state index is 0.155. The fraction of sp³-hybridized carbons (Fsp3) is 0.364. The van der Waals surface area contributed by atoms with Crippen LogP contribution in [0.3, 0.4) is 0 Å². The highest BCUT2D eigenvalue weighted by Crippen LogP contribution is 2.29. The van der Waals surface area contributed by atoms with Gasteiger partial charge in [0, 0.05) is 24.6 Å². The van der Waals surface area contributed by atoms with Crippen molar-refractivity contribution in [3.63, 3.8) is 0 Å². The number of rotatable bonds is 4. The van der Waals surface area contributed by atoms with Crippen molar-refractivity contribution < 1.29 is 31.5 Å². The van der Waals surface area contributed by atoms with E-state index in [1.807, 2.05) is 0 Å². The molecule has 0 bridgehead atoms. The molecular formula is C22H21F5N2O2. The average Bonchev–Trinajstić information content (AvgIpc) is 2.74. The van der Waals surface area contributed by atoms with Crippen molar-refractivity contribution in [1.82, 2.24) is 10.2 Å². The Morgan fingerprint density at radius 2 is 1.61 bits per heavy atom. The minimum atomic E-state index is -4.47. The largest absolute Gasteiger partial charge is 0.416 e. The zero-order valence-electron chi connectivity index (χ0n) is 16.7. The highest BCUT2D eigenvalue weighted by atomic mass is 19.4. The Morgan fingerprint density at radius 1 is 1.00 bits per heavy atom. The Morgan fingerprint density at radius 3 is 2.16 bits per heavy atom. The SMILES string of the molecule is CC(NC(=O)C1CCN(C(=O)c2ccc(C(F)(F)F)cc2)CC1)c1ccc(F)c(F)c1. The quantitative estimate of drug-likeness (QED) is 0.700. The molecule has 1 fully saturated rings. The molecule has 0 aliphatic carbocycles. The first-order valence-electron chi connectivity index (χ1n) is 9.78. The van der Waals surface area contributed by atoms with Crippen LogP contribution in [-0.4, -0.2) is 29.8 Å². The fourth-order valence-corrected chi connectivity index (χ4v) is 3.53. The molecule has 1 N–H and O–H groups in total. The Kier molecular flexibility index (Phi) is 6.62. The number of nitrogens with one attached hydrogen (secondary N) is 1. The van der Waals surface area contributed by atoms with Gasteiger partial charge in [0.15, 0.2) is 11.6 Å². The van der Waals surface area contributed by atoms with Crippen molar-refractivity contribution in [2.75, 3.05) is 13.1 Å². The summed E-state index contributed by atoms with van der Waals surface area (Å²) in [6.07, 6.45) is -3.69. The topological polar surface area (TPSA) is 49.4 Å². The Bertz CT molecular complexity index is 951. The van der Waals surface area contributed by atoms with Gasteiger partial charge in [0.1, 0.15) is 0 Å². The Labute approximate surface area is 176 Å². The number of alkyl halides is 3. The second-order valence-corrected chi connectivity index (χ2v) is 7.55. The normalized spacial score (nSPS) is 16.1. The highest BCUT2D eigenvalue weighted by Gasteiger charge is 2.31. The molecule has 2 aromatic rings. The van der Waals surface area contributed by atoms with Gasteiger partial charge < -0.3 is 10.2 Å². The van der Waals surface area contributed by atoms with Crippen LogP contribution < -0.4 is 5.32 Å². The molecule has 2 amide bonds. The Hall–Kier alpha value is -2.97. The maximum absolute atomic E-state index is 13.4. The summed E-state index contributed by atoms with van der Waals surface area (Å²) in [4.78, 5) is 26.6. The van der Waals surface area contributed by atoms with Gasteiger partial charge in [-0.05, 0) is 61.7 Å². The molecule has 0 spiro atoms. The molecule has 1 aliphatic rings. The predicted molar refractivity (Wildman–Crippen MR) is 103 cm³/mol. The van der Waals surface area contributed by atoms with E-state index in [4.69, 9.17) is 0 Å². The molecule has 4 nitrogen and oxygen atoms in total. The molecule has 1 saturated heterocycles. The third-order valence-electron chi connectivity index (χ3n) is 5.41. The molecule has 0 aromatic heterocycles. The van der Waals surface area contributed by atoms with Gasteiger partial charge in [-0.15, -0.1) is 0 Å². The highest BCUT2D eigenvalue weighted by molar-refractivity contribution is 5.94. The summed E-state index contributed by atoms with van der Waals surface area (Å²) in [6, 6.07) is 6.94. The number of hydrogen-bond acceptors (Lipinski definition) is 2. The van der Waals surface area contributed by atoms with Crippen molar-refractivity contribution in [2.45, 2.75) is 32.0 Å². The van der Waals surface area contributed by atoms with Crippen LogP contribution >= 0.6 is 0 Å². The van der Waals surface area contributed by atoms with E-state index in [2.05, 4.69) is 5.32 Å². The smallest absolute Gasteiger partial charge is 0.349 e. The lowest BCUT2D eigenvalue weighted by Crippen LogP contribution is -2.43. The summed E-state index contributed by atoms with van der Waals surface area (Å²) in [5.41, 5.74) is -0.236. The molecule has 1 unspecified atom stereocenters. The minimum Gasteiger partial charge on any atom is -0.349 e. The average molecular weight is 440 g/mol. The van der Waals surface area contributed by atoms with E-state index in [1.54, 1.807) is 6.92 Å². The van der Waals surface area contributed by atoms with Gasteiger partial charge in [0.2, 0.25) is 5.91 Å². The first-order valence-corrected chi connectivity index (χ1v) is 9.78. The summed E-state index contributed by atoms with van der Waals surface area (Å²) < 4.78 is 64.4. The molecule has 0 radical (unpaired) electrons. The maximum atomic E-state index is 13.4. The van der Waals surface area contributed by atoms with Crippen LogP contribution in [0.4, 0.5) is 22.0 Å². The number of hydrogen-bond donors (Lipinski definition) is 1. The molecule has 31 heavy (non-hydrogen) atoms. The van der Waals surface area contributed by atoms with Crippen molar-refractivity contribution >= 4 is 11.8 Å². The summed E-state index contributed by atoms with van der Waals surface area (Å²) in [6.45, 7) is 2.24. The molecule has 1 aliphatic heterocycles. The van der Waals surface area contributed by atoms with Crippen LogP contribution in [0.5, 0.6) is 0 Å². The number of piperidine rings is 1. The second-order valence-electron chi connectivity index (χ2n) is 7.55. The van der Waals surface area contributed by atoms with Crippen LogP contribution in [0.25, 0.3) is 0 Å². The maximum Gasteiger partial charge on any atom is 0.416 e. The molecule has 3 rings (SSSR count). The first-order chi connectivity index (χ1) is 14.6. The lowest BCUT2D eigenvalue weighted by Gasteiger charge is -2.32. The summed E-state index contributed by atoms with van der Waals surface area (Å²) in [5, 5.41) is 2.77. The zero-order valence-corrected chi connectivity index (χ0v) is 16.7. The van der Waals surface area contributed by atoms with E-state index < -0.39 is 29.4 Å². The number of benzene rings is 2.